The normalized spacial score (nSPS) is 17.6. The predicted molar refractivity (Wildman–Crippen MR) is 292 cm³/mol. The molecule has 2 aromatic heterocycles. The van der Waals surface area contributed by atoms with E-state index in [-0.39, 0.29) is 29.2 Å². The third-order valence-corrected chi connectivity index (χ3v) is 15.4. The van der Waals surface area contributed by atoms with Gasteiger partial charge in [-0.3, -0.25) is 13.9 Å². The number of carboxylic acid groups (broad SMARTS) is 1. The number of rotatable bonds is 21. The van der Waals surface area contributed by atoms with Crippen LogP contribution < -0.4 is 24.4 Å². The monoisotopic (exact) mass is 1060 g/mol. The van der Waals surface area contributed by atoms with Crippen LogP contribution in [0, 0.1) is 18.4 Å². The first-order valence-electron chi connectivity index (χ1n) is 24.9. The average Bonchev–Trinajstić information content (AvgIpc) is 4.13. The number of methoxy groups -OCH3 is 2. The maximum atomic E-state index is 16.5. The molecule has 0 bridgehead atoms. The number of fused-ring (bicyclic) bond motifs is 1. The van der Waals surface area contributed by atoms with Crippen molar-refractivity contribution in [2.45, 2.75) is 48.5 Å². The summed E-state index contributed by atoms with van der Waals surface area (Å²) in [5.74, 6) is 2.92. The van der Waals surface area contributed by atoms with Gasteiger partial charge in [0.1, 0.15) is 53.4 Å². The zero-order chi connectivity index (χ0) is 54.3. The molecule has 17 heteroatoms. The van der Waals surface area contributed by atoms with E-state index in [4.69, 9.17) is 39.4 Å². The van der Waals surface area contributed by atoms with Crippen LogP contribution in [-0.2, 0) is 34.5 Å². The molecular weight excluding hydrogens is 1010 g/mol. The molecule has 15 nitrogen and oxygen atoms in total. The molecule has 1 fully saturated rings. The number of carbonyl (C=O) groups is 1. The highest BCUT2D eigenvalue weighted by molar-refractivity contribution is 7.52. The Hall–Kier alpha value is -8.68. The first-order valence-corrected chi connectivity index (χ1v) is 26.5. The molecule has 9 aromatic rings. The number of hydrogen-bond donors (Lipinski definition) is 3. The van der Waals surface area contributed by atoms with Gasteiger partial charge in [-0.2, -0.15) is 19.4 Å². The lowest BCUT2D eigenvalue weighted by Gasteiger charge is -2.41. The number of aliphatic carboxylic acids is 1. The third-order valence-electron chi connectivity index (χ3n) is 13.8. The first kappa shape index (κ1) is 52.7. The van der Waals surface area contributed by atoms with Crippen LogP contribution in [0.5, 0.6) is 17.2 Å². The Bertz CT molecular complexity index is 3500. The van der Waals surface area contributed by atoms with Crippen LogP contribution in [-0.4, -0.2) is 69.2 Å². The minimum Gasteiger partial charge on any atom is -0.497 e. The highest BCUT2D eigenvalue weighted by atomic mass is 31.2. The Kier molecular flexibility index (Phi) is 15.2. The average molecular weight is 1070 g/mol. The molecule has 2 unspecified atom stereocenters. The van der Waals surface area contributed by atoms with Gasteiger partial charge in [-0.05, 0) is 76.7 Å². The van der Waals surface area contributed by atoms with Crippen molar-refractivity contribution >= 4 is 30.7 Å². The summed E-state index contributed by atoms with van der Waals surface area (Å²) in [6.07, 6.45) is 4.69. The number of aromatic nitrogens is 4. The van der Waals surface area contributed by atoms with Crippen LogP contribution >= 0.6 is 7.75 Å². The second-order valence-electron chi connectivity index (χ2n) is 18.5. The standard InChI is InChI=1S/C61H54FN6O9P/c1-5-59(40-74-78(71,67-42(2)57(69)70)77-51-29-19-10-20-30-51)52(75-61(46-25-15-8-16-26-46,47-27-17-9-18-28-47)48-33-37-50(73-4)38-34-48)39-53(76-59)68-41-63-54-55(64-58(62)65-56(54)68)66-60(43-21-11-6-12-22-43,44-23-13-7-14-24-44)45-31-35-49(72-3)36-32-45/h1,6-38,41-42,52-53H,39-40H2,2-4H3,(H,67,71)(H,69,70)(H,64,65,66)/t42?,52-,53+,59+,78?/m0/s1. The number of carboxylic acids is 1. The van der Waals surface area contributed by atoms with Crippen molar-refractivity contribution in [3.63, 3.8) is 0 Å². The van der Waals surface area contributed by atoms with Gasteiger partial charge in [0.05, 0.1) is 20.5 Å². The molecule has 0 spiro atoms. The van der Waals surface area contributed by atoms with Crippen molar-refractivity contribution in [3.8, 4) is 29.6 Å². The summed E-state index contributed by atoms with van der Waals surface area (Å²) in [5.41, 5.74) is 0.126. The van der Waals surface area contributed by atoms with E-state index in [0.29, 0.717) is 28.2 Å². The van der Waals surface area contributed by atoms with Crippen molar-refractivity contribution in [1.29, 1.82) is 0 Å². The molecule has 3 N–H and O–H groups in total. The van der Waals surface area contributed by atoms with Crippen LogP contribution in [0.1, 0.15) is 53.0 Å². The summed E-state index contributed by atoms with van der Waals surface area (Å²) in [4.78, 5) is 25.8. The quantitative estimate of drug-likeness (QED) is 0.0268. The van der Waals surface area contributed by atoms with Gasteiger partial charge in [0.25, 0.3) is 0 Å². The summed E-state index contributed by atoms with van der Waals surface area (Å²) < 4.78 is 71.1. The highest BCUT2D eigenvalue weighted by Crippen LogP contribution is 2.52. The zero-order valence-electron chi connectivity index (χ0n) is 42.7. The van der Waals surface area contributed by atoms with Crippen molar-refractivity contribution in [3.05, 3.63) is 246 Å². The van der Waals surface area contributed by atoms with Crippen molar-refractivity contribution in [1.82, 2.24) is 24.6 Å². The van der Waals surface area contributed by atoms with Gasteiger partial charge in [0, 0.05) is 6.42 Å². The van der Waals surface area contributed by atoms with E-state index in [1.54, 1.807) is 49.1 Å². The van der Waals surface area contributed by atoms with Gasteiger partial charge < -0.3 is 33.9 Å². The number of nitrogens with one attached hydrogen (secondary N) is 2. The number of anilines is 1. The number of para-hydroxylation sites is 1. The lowest BCUT2D eigenvalue weighted by molar-refractivity contribution is -0.138. The molecule has 78 heavy (non-hydrogen) atoms. The van der Waals surface area contributed by atoms with Crippen LogP contribution in [0.15, 0.2) is 207 Å². The molecule has 7 aromatic carbocycles. The molecule has 1 aliphatic rings. The lowest BCUT2D eigenvalue weighted by Crippen LogP contribution is -2.49. The SMILES string of the molecule is C#C[C@]1(COP(=O)(NC(C)C(=O)O)Oc2ccccc2)O[C@@H](n2cnc3c(NC(c4ccccc4)(c4ccccc4)c4ccc(OC)cc4)nc(F)nc32)C[C@@H]1OC(c1ccccc1)(c1ccccc1)c1ccc(OC)cc1. The van der Waals surface area contributed by atoms with Gasteiger partial charge in [0.15, 0.2) is 22.6 Å². The summed E-state index contributed by atoms with van der Waals surface area (Å²) >= 11 is 0. The second kappa shape index (κ2) is 22.5. The number of terminal acetylenes is 1. The van der Waals surface area contributed by atoms with Crippen LogP contribution in [0.3, 0.4) is 0 Å². The van der Waals surface area contributed by atoms with Gasteiger partial charge in [-0.25, -0.2) is 9.55 Å². The molecule has 3 heterocycles. The Labute approximate surface area is 450 Å². The van der Waals surface area contributed by atoms with Gasteiger partial charge in [-0.15, -0.1) is 6.42 Å². The van der Waals surface area contributed by atoms with E-state index in [1.165, 1.54) is 13.3 Å². The van der Waals surface area contributed by atoms with Crippen molar-refractivity contribution in [2.24, 2.45) is 0 Å². The molecule has 394 valence electrons. The van der Waals surface area contributed by atoms with E-state index in [1.807, 2.05) is 170 Å². The molecule has 1 saturated heterocycles. The summed E-state index contributed by atoms with van der Waals surface area (Å²) in [5, 5.41) is 16.2. The molecular formula is C61H54FN6O9P. The van der Waals surface area contributed by atoms with Gasteiger partial charge in [-0.1, -0.05) is 170 Å². The highest BCUT2D eigenvalue weighted by Gasteiger charge is 2.55. The third kappa shape index (κ3) is 10.3. The largest absolute Gasteiger partial charge is 0.497 e. The van der Waals surface area contributed by atoms with Gasteiger partial charge in [0.2, 0.25) is 0 Å². The Morgan fingerprint density at radius 2 is 1.22 bits per heavy atom. The number of ether oxygens (including phenoxy) is 4. The summed E-state index contributed by atoms with van der Waals surface area (Å²) in [7, 11) is -1.46. The smallest absolute Gasteiger partial charge is 0.459 e. The fourth-order valence-electron chi connectivity index (χ4n) is 9.92. The molecule has 0 aliphatic carbocycles. The summed E-state index contributed by atoms with van der Waals surface area (Å²) in [6.45, 7) is 0.618. The molecule has 0 amide bonds. The maximum absolute atomic E-state index is 16.5. The Morgan fingerprint density at radius 3 is 1.72 bits per heavy atom. The second-order valence-corrected chi connectivity index (χ2v) is 20.1. The van der Waals surface area contributed by atoms with E-state index in [0.717, 1.165) is 16.7 Å². The summed E-state index contributed by atoms with van der Waals surface area (Å²) in [6, 6.07) is 60.3. The topological polar surface area (TPSA) is 177 Å². The van der Waals surface area contributed by atoms with E-state index in [9.17, 15) is 14.5 Å². The molecule has 10 rings (SSSR count). The van der Waals surface area contributed by atoms with Crippen molar-refractivity contribution < 1.29 is 46.9 Å². The lowest BCUT2D eigenvalue weighted by atomic mass is 9.77. The maximum Gasteiger partial charge on any atom is 0.459 e. The first-order chi connectivity index (χ1) is 37.9. The van der Waals surface area contributed by atoms with Crippen LogP contribution in [0.25, 0.3) is 11.2 Å². The van der Waals surface area contributed by atoms with Crippen molar-refractivity contribution in [2.75, 3.05) is 26.1 Å². The Morgan fingerprint density at radius 1 is 0.744 bits per heavy atom. The number of benzene rings is 7. The minimum atomic E-state index is -4.63. The number of hydrogen-bond acceptors (Lipinski definition) is 12. The number of imidazole rings is 1. The zero-order valence-corrected chi connectivity index (χ0v) is 43.6. The van der Waals surface area contributed by atoms with E-state index < -0.39 is 61.5 Å². The molecule has 1 aliphatic heterocycles. The fourth-order valence-corrected chi connectivity index (χ4v) is 11.4. The predicted octanol–water partition coefficient (Wildman–Crippen LogP) is 11.3. The molecule has 0 saturated carbocycles. The van der Waals surface area contributed by atoms with Crippen LogP contribution in [0.2, 0.25) is 0 Å². The molecule has 0 radical (unpaired) electrons. The fraction of sp³-hybridized carbons (Fsp3) is 0.180. The number of nitrogens with zero attached hydrogens (tertiary/aromatic N) is 4. The number of halogens is 1. The van der Waals surface area contributed by atoms with Crippen LogP contribution in [0.4, 0.5) is 10.2 Å². The molecule has 5 atom stereocenters. The van der Waals surface area contributed by atoms with Gasteiger partial charge >= 0.3 is 19.8 Å². The minimum absolute atomic E-state index is 0.0369. The van der Waals surface area contributed by atoms with E-state index in [2.05, 4.69) is 26.3 Å². The Balaban J connectivity index is 1.13. The van der Waals surface area contributed by atoms with E-state index >= 15 is 4.39 Å².